The summed E-state index contributed by atoms with van der Waals surface area (Å²) < 4.78 is 25.6. The number of benzene rings is 2. The van der Waals surface area contributed by atoms with Gasteiger partial charge in [-0.25, -0.2) is 12.7 Å². The Labute approximate surface area is 142 Å². The third-order valence-electron chi connectivity index (χ3n) is 4.28. The molecule has 1 aliphatic rings. The van der Waals surface area contributed by atoms with Crippen LogP contribution in [0.1, 0.15) is 21.5 Å². The van der Waals surface area contributed by atoms with E-state index in [9.17, 15) is 13.2 Å². The Balaban J connectivity index is 1.87. The fraction of sp³-hybridized carbons (Fsp3) is 0.278. The smallest absolute Gasteiger partial charge is 0.254 e. The van der Waals surface area contributed by atoms with Crippen molar-refractivity contribution in [1.29, 1.82) is 0 Å². The van der Waals surface area contributed by atoms with Gasteiger partial charge in [0, 0.05) is 32.7 Å². The summed E-state index contributed by atoms with van der Waals surface area (Å²) in [7, 11) is -0.595. The summed E-state index contributed by atoms with van der Waals surface area (Å²) in [6, 6.07) is 14.3. The van der Waals surface area contributed by atoms with E-state index < -0.39 is 10.0 Å². The predicted octanol–water partition coefficient (Wildman–Crippen LogP) is 2.14. The summed E-state index contributed by atoms with van der Waals surface area (Å²) in [4.78, 5) is 14.7. The van der Waals surface area contributed by atoms with Gasteiger partial charge in [-0.05, 0) is 35.7 Å². The van der Waals surface area contributed by atoms with Gasteiger partial charge in [0.1, 0.15) is 0 Å². The summed E-state index contributed by atoms with van der Waals surface area (Å²) in [6.07, 6.45) is 0.817. The van der Waals surface area contributed by atoms with E-state index in [-0.39, 0.29) is 10.8 Å². The molecule has 24 heavy (non-hydrogen) atoms. The first kappa shape index (κ1) is 16.7. The Morgan fingerprint density at radius 2 is 1.75 bits per heavy atom. The van der Waals surface area contributed by atoms with Gasteiger partial charge in [-0.3, -0.25) is 4.79 Å². The van der Waals surface area contributed by atoms with Crippen LogP contribution < -0.4 is 0 Å². The average molecular weight is 344 g/mol. The Morgan fingerprint density at radius 1 is 1.04 bits per heavy atom. The zero-order valence-electron chi connectivity index (χ0n) is 13.8. The zero-order chi connectivity index (χ0) is 17.3. The van der Waals surface area contributed by atoms with Crippen molar-refractivity contribution in [3.63, 3.8) is 0 Å². The molecule has 126 valence electrons. The van der Waals surface area contributed by atoms with Crippen molar-refractivity contribution in [2.24, 2.45) is 0 Å². The lowest BCUT2D eigenvalue weighted by atomic mass is 9.99. The molecule has 2 aromatic rings. The highest BCUT2D eigenvalue weighted by Crippen LogP contribution is 2.22. The van der Waals surface area contributed by atoms with Gasteiger partial charge in [0.15, 0.2) is 0 Å². The molecule has 0 fully saturated rings. The first-order chi connectivity index (χ1) is 11.4. The maximum absolute atomic E-state index is 12.8. The molecule has 0 bridgehead atoms. The summed E-state index contributed by atoms with van der Waals surface area (Å²) in [5.41, 5.74) is 2.82. The minimum atomic E-state index is -3.55. The molecule has 0 spiro atoms. The van der Waals surface area contributed by atoms with Crippen LogP contribution in [0.3, 0.4) is 0 Å². The van der Waals surface area contributed by atoms with Gasteiger partial charge in [0.05, 0.1) is 4.90 Å². The zero-order valence-corrected chi connectivity index (χ0v) is 14.6. The van der Waals surface area contributed by atoms with E-state index in [2.05, 4.69) is 6.07 Å². The molecule has 0 saturated carbocycles. The van der Waals surface area contributed by atoms with Crippen molar-refractivity contribution >= 4 is 15.9 Å². The van der Waals surface area contributed by atoms with Gasteiger partial charge in [-0.1, -0.05) is 30.3 Å². The molecular weight excluding hydrogens is 324 g/mol. The second-order valence-electron chi connectivity index (χ2n) is 6.06. The molecule has 0 radical (unpaired) electrons. The lowest BCUT2D eigenvalue weighted by Crippen LogP contribution is -2.36. The molecule has 2 aromatic carbocycles. The lowest BCUT2D eigenvalue weighted by Gasteiger charge is -2.29. The van der Waals surface area contributed by atoms with Crippen molar-refractivity contribution in [2.45, 2.75) is 17.9 Å². The van der Waals surface area contributed by atoms with E-state index in [1.807, 2.05) is 18.2 Å². The van der Waals surface area contributed by atoms with Crippen LogP contribution in [0.2, 0.25) is 0 Å². The molecule has 6 heteroatoms. The summed E-state index contributed by atoms with van der Waals surface area (Å²) in [6.45, 7) is 1.19. The number of carbonyl (C=O) groups is 1. The number of rotatable bonds is 3. The minimum Gasteiger partial charge on any atom is -0.334 e. The van der Waals surface area contributed by atoms with Crippen LogP contribution in [0.15, 0.2) is 53.4 Å². The molecule has 1 amide bonds. The first-order valence-corrected chi connectivity index (χ1v) is 9.22. The first-order valence-electron chi connectivity index (χ1n) is 7.78. The van der Waals surface area contributed by atoms with Gasteiger partial charge in [0.2, 0.25) is 10.0 Å². The largest absolute Gasteiger partial charge is 0.334 e. The van der Waals surface area contributed by atoms with Gasteiger partial charge in [-0.15, -0.1) is 0 Å². The molecule has 0 saturated heterocycles. The van der Waals surface area contributed by atoms with Crippen molar-refractivity contribution in [2.75, 3.05) is 20.6 Å². The van der Waals surface area contributed by atoms with Crippen LogP contribution in [-0.4, -0.2) is 44.2 Å². The van der Waals surface area contributed by atoms with Gasteiger partial charge < -0.3 is 4.90 Å². The number of amides is 1. The van der Waals surface area contributed by atoms with Crippen LogP contribution in [0.4, 0.5) is 0 Å². The summed E-state index contributed by atoms with van der Waals surface area (Å²) in [5.74, 6) is -0.139. The fourth-order valence-corrected chi connectivity index (χ4v) is 3.80. The molecule has 0 aromatic heterocycles. The molecule has 1 aliphatic heterocycles. The Morgan fingerprint density at radius 3 is 2.46 bits per heavy atom. The molecular formula is C18H20N2O3S. The molecule has 5 nitrogen and oxygen atoms in total. The summed E-state index contributed by atoms with van der Waals surface area (Å²) in [5, 5.41) is 0. The number of fused-ring (bicyclic) bond motifs is 1. The second kappa shape index (κ2) is 6.37. The van der Waals surface area contributed by atoms with Gasteiger partial charge in [-0.2, -0.15) is 0 Å². The molecule has 0 atom stereocenters. The highest BCUT2D eigenvalue weighted by atomic mass is 32.2. The van der Waals surface area contributed by atoms with Crippen LogP contribution in [0.5, 0.6) is 0 Å². The molecule has 0 N–H and O–H groups in total. The van der Waals surface area contributed by atoms with Crippen molar-refractivity contribution < 1.29 is 13.2 Å². The Bertz CT molecular complexity index is 875. The highest BCUT2D eigenvalue weighted by Gasteiger charge is 2.23. The van der Waals surface area contributed by atoms with E-state index >= 15 is 0 Å². The van der Waals surface area contributed by atoms with Crippen LogP contribution >= 0.6 is 0 Å². The molecule has 1 heterocycles. The fourth-order valence-electron chi connectivity index (χ4n) is 2.85. The Kier molecular flexibility index (Phi) is 4.43. The average Bonchev–Trinajstić information content (AvgIpc) is 2.60. The topological polar surface area (TPSA) is 57.7 Å². The van der Waals surface area contributed by atoms with Crippen LogP contribution in [-0.2, 0) is 23.0 Å². The van der Waals surface area contributed by atoms with Crippen LogP contribution in [0, 0.1) is 0 Å². The van der Waals surface area contributed by atoms with Gasteiger partial charge >= 0.3 is 0 Å². The van der Waals surface area contributed by atoms with E-state index in [0.29, 0.717) is 18.7 Å². The quantitative estimate of drug-likeness (QED) is 0.857. The van der Waals surface area contributed by atoms with E-state index in [1.165, 1.54) is 31.8 Å². The standard InChI is InChI=1S/C18H20N2O3S/c1-19(2)24(22,23)17-9-5-8-15(12-17)18(21)20-11-10-14-6-3-4-7-16(14)13-20/h3-9,12H,10-11,13H2,1-2H3. The normalized spacial score (nSPS) is 14.5. The maximum Gasteiger partial charge on any atom is 0.254 e. The molecule has 0 aliphatic carbocycles. The van der Waals surface area contributed by atoms with Crippen molar-refractivity contribution in [3.8, 4) is 0 Å². The van der Waals surface area contributed by atoms with E-state index in [4.69, 9.17) is 0 Å². The SMILES string of the molecule is CN(C)S(=O)(=O)c1cccc(C(=O)N2CCc3ccccc3C2)c1. The number of hydrogen-bond acceptors (Lipinski definition) is 3. The highest BCUT2D eigenvalue weighted by molar-refractivity contribution is 7.89. The predicted molar refractivity (Wildman–Crippen MR) is 92.2 cm³/mol. The Hall–Kier alpha value is -2.18. The van der Waals surface area contributed by atoms with Crippen LogP contribution in [0.25, 0.3) is 0 Å². The second-order valence-corrected chi connectivity index (χ2v) is 8.21. The number of carbonyl (C=O) groups excluding carboxylic acids is 1. The number of nitrogens with zero attached hydrogens (tertiary/aromatic N) is 2. The van der Waals surface area contributed by atoms with Crippen molar-refractivity contribution in [3.05, 3.63) is 65.2 Å². The lowest BCUT2D eigenvalue weighted by molar-refractivity contribution is 0.0734. The minimum absolute atomic E-state index is 0.135. The maximum atomic E-state index is 12.8. The monoisotopic (exact) mass is 344 g/mol. The molecule has 3 rings (SSSR count). The van der Waals surface area contributed by atoms with Gasteiger partial charge in [0.25, 0.3) is 5.91 Å². The third kappa shape index (κ3) is 3.07. The third-order valence-corrected chi connectivity index (χ3v) is 6.09. The van der Waals surface area contributed by atoms with E-state index in [1.54, 1.807) is 17.0 Å². The molecule has 0 unspecified atom stereocenters. The van der Waals surface area contributed by atoms with Crippen molar-refractivity contribution in [1.82, 2.24) is 9.21 Å². The summed E-state index contributed by atoms with van der Waals surface area (Å²) >= 11 is 0. The van der Waals surface area contributed by atoms with E-state index in [0.717, 1.165) is 16.3 Å². The number of sulfonamides is 1. The number of hydrogen-bond donors (Lipinski definition) is 0.